The van der Waals surface area contributed by atoms with E-state index >= 15 is 0 Å². The van der Waals surface area contributed by atoms with E-state index in [2.05, 4.69) is 15.6 Å². The first kappa shape index (κ1) is 21.0. The van der Waals surface area contributed by atoms with E-state index in [9.17, 15) is 4.79 Å². The van der Waals surface area contributed by atoms with Crippen LogP contribution in [0.25, 0.3) is 0 Å². The molecule has 1 amide bonds. The molecule has 0 bridgehead atoms. The van der Waals surface area contributed by atoms with Crippen LogP contribution in [0.1, 0.15) is 25.3 Å². The maximum absolute atomic E-state index is 12.2. The smallest absolute Gasteiger partial charge is 0.223 e. The van der Waals surface area contributed by atoms with E-state index in [1.165, 1.54) is 0 Å². The molecule has 0 aliphatic carbocycles. The first-order chi connectivity index (χ1) is 12.7. The number of halogens is 1. The van der Waals surface area contributed by atoms with Crippen LogP contribution in [0.3, 0.4) is 0 Å². The van der Waals surface area contributed by atoms with E-state index in [1.807, 2.05) is 43.3 Å². The number of piperidine rings is 1. The Morgan fingerprint density at radius 2 is 1.89 bits per heavy atom. The van der Waals surface area contributed by atoms with E-state index in [0.717, 1.165) is 37.2 Å². The van der Waals surface area contributed by atoms with Crippen molar-refractivity contribution >= 4 is 18.3 Å². The van der Waals surface area contributed by atoms with Crippen LogP contribution in [-0.2, 0) is 11.3 Å². The number of pyridine rings is 1. The lowest BCUT2D eigenvalue weighted by Gasteiger charge is -2.21. The normalized spacial score (nSPS) is 14.1. The molecule has 1 fully saturated rings. The summed E-state index contributed by atoms with van der Waals surface area (Å²) < 4.78 is 11.2. The summed E-state index contributed by atoms with van der Waals surface area (Å²) in [5, 5.41) is 6.29. The highest BCUT2D eigenvalue weighted by Crippen LogP contribution is 2.23. The number of ether oxygens (including phenoxy) is 2. The lowest BCUT2D eigenvalue weighted by atomic mass is 9.97. The molecule has 3 rings (SSSR count). The number of aromatic nitrogens is 1. The first-order valence-electron chi connectivity index (χ1n) is 9.08. The third-order valence-corrected chi connectivity index (χ3v) is 4.33. The number of benzene rings is 1. The number of nitrogens with one attached hydrogen (secondary N) is 2. The summed E-state index contributed by atoms with van der Waals surface area (Å²) in [5.74, 6) is 2.23. The fourth-order valence-corrected chi connectivity index (χ4v) is 2.93. The minimum Gasteiger partial charge on any atom is -0.494 e. The van der Waals surface area contributed by atoms with Gasteiger partial charge in [-0.25, -0.2) is 4.98 Å². The number of carbonyl (C=O) groups excluding carboxylic acids is 1. The molecule has 146 valence electrons. The zero-order valence-corrected chi connectivity index (χ0v) is 16.3. The van der Waals surface area contributed by atoms with Gasteiger partial charge in [-0.05, 0) is 68.8 Å². The van der Waals surface area contributed by atoms with E-state index in [0.29, 0.717) is 24.8 Å². The molecule has 27 heavy (non-hydrogen) atoms. The molecule has 0 spiro atoms. The van der Waals surface area contributed by atoms with Crippen LogP contribution in [-0.4, -0.2) is 30.6 Å². The topological polar surface area (TPSA) is 72.5 Å². The summed E-state index contributed by atoms with van der Waals surface area (Å²) in [4.78, 5) is 16.5. The molecule has 0 atom stereocenters. The Bertz CT molecular complexity index is 719. The van der Waals surface area contributed by atoms with Gasteiger partial charge in [0.2, 0.25) is 11.8 Å². The second-order valence-electron chi connectivity index (χ2n) is 6.25. The number of hydrogen-bond donors (Lipinski definition) is 2. The average Bonchev–Trinajstić information content (AvgIpc) is 2.69. The van der Waals surface area contributed by atoms with Crippen LogP contribution in [0.5, 0.6) is 17.4 Å². The Balaban J connectivity index is 0.00000261. The van der Waals surface area contributed by atoms with Crippen LogP contribution >= 0.6 is 12.4 Å². The molecule has 1 aliphatic heterocycles. The van der Waals surface area contributed by atoms with Crippen molar-refractivity contribution in [3.63, 3.8) is 0 Å². The van der Waals surface area contributed by atoms with Crippen molar-refractivity contribution in [3.05, 3.63) is 48.2 Å². The quantitative estimate of drug-likeness (QED) is 0.757. The average molecular weight is 392 g/mol. The van der Waals surface area contributed by atoms with Crippen LogP contribution < -0.4 is 20.1 Å². The third kappa shape index (κ3) is 6.41. The van der Waals surface area contributed by atoms with E-state index in [4.69, 9.17) is 9.47 Å². The maximum atomic E-state index is 12.2. The molecular formula is C20H26ClN3O3. The van der Waals surface area contributed by atoms with Gasteiger partial charge in [0.15, 0.2) is 0 Å². The Kier molecular flexibility index (Phi) is 8.36. The number of hydrogen-bond acceptors (Lipinski definition) is 5. The SMILES string of the molecule is CCOc1ccc(Oc2cc(CNC(=O)C3CCNCC3)ccn2)cc1.Cl. The van der Waals surface area contributed by atoms with Gasteiger partial charge in [-0.2, -0.15) is 0 Å². The molecule has 0 unspecified atom stereocenters. The molecule has 2 heterocycles. The van der Waals surface area contributed by atoms with Crippen LogP contribution in [0.2, 0.25) is 0 Å². The second kappa shape index (κ2) is 10.7. The van der Waals surface area contributed by atoms with Gasteiger partial charge >= 0.3 is 0 Å². The van der Waals surface area contributed by atoms with Gasteiger partial charge in [0, 0.05) is 24.7 Å². The zero-order valence-electron chi connectivity index (χ0n) is 15.4. The first-order valence-corrected chi connectivity index (χ1v) is 9.08. The Morgan fingerprint density at radius 3 is 2.59 bits per heavy atom. The molecule has 1 saturated heterocycles. The highest BCUT2D eigenvalue weighted by atomic mass is 35.5. The molecule has 1 aromatic heterocycles. The molecule has 1 aliphatic rings. The van der Waals surface area contributed by atoms with Gasteiger partial charge in [0.25, 0.3) is 0 Å². The Hall–Kier alpha value is -2.31. The number of amides is 1. The van der Waals surface area contributed by atoms with Gasteiger partial charge in [-0.3, -0.25) is 4.79 Å². The van der Waals surface area contributed by atoms with Crippen molar-refractivity contribution in [1.82, 2.24) is 15.6 Å². The van der Waals surface area contributed by atoms with Crippen molar-refractivity contribution in [2.24, 2.45) is 5.92 Å². The Labute approximate surface area is 166 Å². The number of rotatable bonds is 7. The highest BCUT2D eigenvalue weighted by Gasteiger charge is 2.20. The largest absolute Gasteiger partial charge is 0.494 e. The molecular weight excluding hydrogens is 366 g/mol. The highest BCUT2D eigenvalue weighted by molar-refractivity contribution is 5.85. The summed E-state index contributed by atoms with van der Waals surface area (Å²) in [5.41, 5.74) is 0.961. The second-order valence-corrected chi connectivity index (χ2v) is 6.25. The Morgan fingerprint density at radius 1 is 1.19 bits per heavy atom. The van der Waals surface area contributed by atoms with Gasteiger partial charge in [0.1, 0.15) is 11.5 Å². The van der Waals surface area contributed by atoms with Gasteiger partial charge in [-0.15, -0.1) is 12.4 Å². The van der Waals surface area contributed by atoms with Crippen LogP contribution in [0.4, 0.5) is 0 Å². The molecule has 2 N–H and O–H groups in total. The molecule has 2 aromatic rings. The lowest BCUT2D eigenvalue weighted by Crippen LogP contribution is -2.37. The zero-order chi connectivity index (χ0) is 18.2. The predicted octanol–water partition coefficient (Wildman–Crippen LogP) is 3.31. The predicted molar refractivity (Wildman–Crippen MR) is 107 cm³/mol. The summed E-state index contributed by atoms with van der Waals surface area (Å²) in [6.07, 6.45) is 3.48. The van der Waals surface area contributed by atoms with Crippen molar-refractivity contribution in [2.45, 2.75) is 26.3 Å². The van der Waals surface area contributed by atoms with Crippen molar-refractivity contribution < 1.29 is 14.3 Å². The summed E-state index contributed by atoms with van der Waals surface area (Å²) in [6.45, 7) is 4.88. The maximum Gasteiger partial charge on any atom is 0.223 e. The molecule has 1 aromatic carbocycles. The standard InChI is InChI=1S/C20H25N3O3.ClH/c1-2-25-17-3-5-18(6-4-17)26-19-13-15(7-12-22-19)14-23-20(24)16-8-10-21-11-9-16;/h3-7,12-13,16,21H,2,8-11,14H2,1H3,(H,23,24);1H. The molecule has 7 heteroatoms. The summed E-state index contributed by atoms with van der Waals surface area (Å²) in [6, 6.07) is 11.1. The fraction of sp³-hybridized carbons (Fsp3) is 0.400. The van der Waals surface area contributed by atoms with E-state index < -0.39 is 0 Å². The molecule has 0 radical (unpaired) electrons. The molecule has 6 nitrogen and oxygen atoms in total. The van der Waals surface area contributed by atoms with E-state index in [-0.39, 0.29) is 24.2 Å². The fourth-order valence-electron chi connectivity index (χ4n) is 2.93. The van der Waals surface area contributed by atoms with E-state index in [1.54, 1.807) is 6.20 Å². The van der Waals surface area contributed by atoms with Crippen molar-refractivity contribution in [3.8, 4) is 17.4 Å². The van der Waals surface area contributed by atoms with Gasteiger partial charge in [0.05, 0.1) is 6.61 Å². The van der Waals surface area contributed by atoms with Crippen molar-refractivity contribution in [1.29, 1.82) is 0 Å². The lowest BCUT2D eigenvalue weighted by molar-refractivity contribution is -0.125. The van der Waals surface area contributed by atoms with Crippen LogP contribution in [0.15, 0.2) is 42.6 Å². The number of nitrogens with zero attached hydrogens (tertiary/aromatic N) is 1. The van der Waals surface area contributed by atoms with Crippen LogP contribution in [0, 0.1) is 5.92 Å². The van der Waals surface area contributed by atoms with Crippen molar-refractivity contribution in [2.75, 3.05) is 19.7 Å². The van der Waals surface area contributed by atoms with Gasteiger partial charge < -0.3 is 20.1 Å². The third-order valence-electron chi connectivity index (χ3n) is 4.33. The molecule has 0 saturated carbocycles. The summed E-state index contributed by atoms with van der Waals surface area (Å²) >= 11 is 0. The van der Waals surface area contributed by atoms with Gasteiger partial charge in [-0.1, -0.05) is 0 Å². The minimum atomic E-state index is 0. The summed E-state index contributed by atoms with van der Waals surface area (Å²) in [7, 11) is 0. The number of carbonyl (C=O) groups is 1. The monoisotopic (exact) mass is 391 g/mol. The minimum absolute atomic E-state index is 0.